The lowest BCUT2D eigenvalue weighted by Crippen LogP contribution is -2.49. The molecule has 5 nitrogen and oxygen atoms in total. The molecule has 1 aliphatic heterocycles. The third kappa shape index (κ3) is 2.39. The van der Waals surface area contributed by atoms with Crippen molar-refractivity contribution >= 4 is 33.0 Å². The standard InChI is InChI=1S/C13H16ClN3O2S/c14-9-6-11-12(7-10(9)15)20(18,19)17-13(16-11)8-4-2-1-3-5-8/h1-2,6-8,13,16-17H,3-5,15H2. The van der Waals surface area contributed by atoms with E-state index in [1.54, 1.807) is 6.07 Å². The number of nitrogens with one attached hydrogen (secondary N) is 2. The van der Waals surface area contributed by atoms with Crippen molar-refractivity contribution in [2.75, 3.05) is 11.1 Å². The zero-order chi connectivity index (χ0) is 14.3. The number of halogens is 1. The summed E-state index contributed by atoms with van der Waals surface area (Å²) in [5.41, 5.74) is 6.46. The van der Waals surface area contributed by atoms with Crippen LogP contribution in [0, 0.1) is 5.92 Å². The maximum atomic E-state index is 12.3. The smallest absolute Gasteiger partial charge is 0.244 e. The number of anilines is 2. The number of sulfonamides is 1. The summed E-state index contributed by atoms with van der Waals surface area (Å²) in [4.78, 5) is 0.155. The van der Waals surface area contributed by atoms with Crippen LogP contribution >= 0.6 is 11.6 Å². The fourth-order valence-electron chi connectivity index (χ4n) is 2.67. The molecule has 3 rings (SSSR count). The van der Waals surface area contributed by atoms with Gasteiger partial charge in [0.25, 0.3) is 0 Å². The molecule has 4 N–H and O–H groups in total. The first-order valence-electron chi connectivity index (χ1n) is 6.50. The van der Waals surface area contributed by atoms with Crippen LogP contribution in [0.15, 0.2) is 29.2 Å². The van der Waals surface area contributed by atoms with Crippen molar-refractivity contribution in [3.63, 3.8) is 0 Å². The van der Waals surface area contributed by atoms with E-state index in [9.17, 15) is 8.42 Å². The predicted octanol–water partition coefficient (Wildman–Crippen LogP) is 2.31. The summed E-state index contributed by atoms with van der Waals surface area (Å²) in [5, 5.41) is 3.58. The first-order valence-corrected chi connectivity index (χ1v) is 8.36. The van der Waals surface area contributed by atoms with Crippen molar-refractivity contribution in [3.05, 3.63) is 29.3 Å². The number of hydrogen-bond acceptors (Lipinski definition) is 4. The van der Waals surface area contributed by atoms with Gasteiger partial charge in [0.1, 0.15) is 4.90 Å². The summed E-state index contributed by atoms with van der Waals surface area (Å²) in [6.07, 6.45) is 6.69. The predicted molar refractivity (Wildman–Crippen MR) is 80.1 cm³/mol. The molecule has 0 fully saturated rings. The highest BCUT2D eigenvalue weighted by atomic mass is 35.5. The van der Waals surface area contributed by atoms with Crippen LogP contribution in [0.3, 0.4) is 0 Å². The van der Waals surface area contributed by atoms with Crippen LogP contribution in [0.5, 0.6) is 0 Å². The summed E-state index contributed by atoms with van der Waals surface area (Å²) in [5.74, 6) is 0.235. The Labute approximate surface area is 123 Å². The van der Waals surface area contributed by atoms with Crippen molar-refractivity contribution in [2.45, 2.75) is 30.3 Å². The Kier molecular flexibility index (Phi) is 3.40. The first kappa shape index (κ1) is 13.7. The van der Waals surface area contributed by atoms with E-state index in [1.807, 2.05) is 0 Å². The highest BCUT2D eigenvalue weighted by Crippen LogP contribution is 2.35. The van der Waals surface area contributed by atoms with Gasteiger partial charge in [0.2, 0.25) is 10.0 Å². The number of fused-ring (bicyclic) bond motifs is 1. The van der Waals surface area contributed by atoms with Crippen LogP contribution in [0.25, 0.3) is 0 Å². The molecule has 1 aliphatic carbocycles. The molecule has 2 aliphatic rings. The second kappa shape index (κ2) is 4.95. The van der Waals surface area contributed by atoms with Gasteiger partial charge in [0.15, 0.2) is 0 Å². The lowest BCUT2D eigenvalue weighted by molar-refractivity contribution is 0.387. The van der Waals surface area contributed by atoms with Crippen molar-refractivity contribution in [2.24, 2.45) is 5.92 Å². The monoisotopic (exact) mass is 313 g/mol. The molecular formula is C13H16ClN3O2S. The lowest BCUT2D eigenvalue weighted by atomic mass is 9.91. The van der Waals surface area contributed by atoms with Gasteiger partial charge in [0.05, 0.1) is 22.6 Å². The molecule has 1 aromatic rings. The average Bonchev–Trinajstić information content (AvgIpc) is 2.41. The SMILES string of the molecule is Nc1cc2c(cc1Cl)NC(C1CC=CCC1)NS2(=O)=O. The van der Waals surface area contributed by atoms with Crippen LogP contribution in [0.2, 0.25) is 5.02 Å². The molecule has 1 heterocycles. The topological polar surface area (TPSA) is 84.2 Å². The lowest BCUT2D eigenvalue weighted by Gasteiger charge is -2.34. The van der Waals surface area contributed by atoms with E-state index in [0.29, 0.717) is 10.7 Å². The molecule has 2 unspecified atom stereocenters. The molecule has 2 atom stereocenters. The number of benzene rings is 1. The molecule has 0 bridgehead atoms. The Morgan fingerprint density at radius 2 is 2.10 bits per heavy atom. The summed E-state index contributed by atoms with van der Waals surface area (Å²) >= 11 is 5.98. The maximum absolute atomic E-state index is 12.3. The summed E-state index contributed by atoms with van der Waals surface area (Å²) in [7, 11) is -3.56. The summed E-state index contributed by atoms with van der Waals surface area (Å²) in [6.45, 7) is 0. The Morgan fingerprint density at radius 3 is 2.80 bits per heavy atom. The quantitative estimate of drug-likeness (QED) is 0.549. The van der Waals surface area contributed by atoms with Crippen LogP contribution in [-0.4, -0.2) is 14.6 Å². The van der Waals surface area contributed by atoms with Crippen molar-refractivity contribution < 1.29 is 8.42 Å². The minimum atomic E-state index is -3.56. The molecule has 0 aromatic heterocycles. The average molecular weight is 314 g/mol. The van der Waals surface area contributed by atoms with Gasteiger partial charge in [-0.25, -0.2) is 8.42 Å². The van der Waals surface area contributed by atoms with E-state index in [4.69, 9.17) is 17.3 Å². The third-order valence-electron chi connectivity index (χ3n) is 3.76. The molecular weight excluding hydrogens is 298 g/mol. The molecule has 0 radical (unpaired) electrons. The van der Waals surface area contributed by atoms with Crippen LogP contribution < -0.4 is 15.8 Å². The Hall–Kier alpha value is -1.24. The van der Waals surface area contributed by atoms with Crippen molar-refractivity contribution in [1.29, 1.82) is 0 Å². The fraction of sp³-hybridized carbons (Fsp3) is 0.385. The van der Waals surface area contributed by atoms with Gasteiger partial charge in [-0.2, -0.15) is 4.72 Å². The normalized spacial score (nSPS) is 27.6. The Balaban J connectivity index is 1.98. The largest absolute Gasteiger partial charge is 0.397 e. The van der Waals surface area contributed by atoms with E-state index in [2.05, 4.69) is 22.2 Å². The highest BCUT2D eigenvalue weighted by molar-refractivity contribution is 7.89. The van der Waals surface area contributed by atoms with Gasteiger partial charge < -0.3 is 11.1 Å². The number of nitrogens with two attached hydrogens (primary N) is 1. The van der Waals surface area contributed by atoms with Gasteiger partial charge in [-0.3, -0.25) is 0 Å². The Bertz CT molecular complexity index is 672. The molecule has 0 saturated carbocycles. The molecule has 0 saturated heterocycles. The van der Waals surface area contributed by atoms with E-state index in [1.165, 1.54) is 6.07 Å². The van der Waals surface area contributed by atoms with Gasteiger partial charge in [-0.15, -0.1) is 0 Å². The zero-order valence-corrected chi connectivity index (χ0v) is 12.3. The first-order chi connectivity index (χ1) is 9.47. The summed E-state index contributed by atoms with van der Waals surface area (Å²) in [6, 6.07) is 2.97. The third-order valence-corrected chi connectivity index (χ3v) is 5.57. The second-order valence-electron chi connectivity index (χ2n) is 5.16. The van der Waals surface area contributed by atoms with E-state index >= 15 is 0 Å². The van der Waals surface area contributed by atoms with Crippen LogP contribution in [0.4, 0.5) is 11.4 Å². The number of hydrogen-bond donors (Lipinski definition) is 3. The van der Waals surface area contributed by atoms with Crippen molar-refractivity contribution in [1.82, 2.24) is 4.72 Å². The number of allylic oxidation sites excluding steroid dienone is 2. The van der Waals surface area contributed by atoms with Gasteiger partial charge in [-0.05, 0) is 37.3 Å². The number of nitrogen functional groups attached to an aromatic ring is 1. The molecule has 0 amide bonds. The highest BCUT2D eigenvalue weighted by Gasteiger charge is 2.34. The molecule has 7 heteroatoms. The van der Waals surface area contributed by atoms with Gasteiger partial charge in [0, 0.05) is 0 Å². The van der Waals surface area contributed by atoms with Crippen molar-refractivity contribution in [3.8, 4) is 0 Å². The minimum absolute atomic E-state index is 0.155. The molecule has 108 valence electrons. The van der Waals surface area contributed by atoms with Crippen LogP contribution in [0.1, 0.15) is 19.3 Å². The molecule has 0 spiro atoms. The van der Waals surface area contributed by atoms with Gasteiger partial charge >= 0.3 is 0 Å². The Morgan fingerprint density at radius 1 is 1.30 bits per heavy atom. The fourth-order valence-corrected chi connectivity index (χ4v) is 4.23. The zero-order valence-electron chi connectivity index (χ0n) is 10.8. The van der Waals surface area contributed by atoms with Gasteiger partial charge in [-0.1, -0.05) is 23.8 Å². The van der Waals surface area contributed by atoms with E-state index in [-0.39, 0.29) is 22.7 Å². The maximum Gasteiger partial charge on any atom is 0.244 e. The summed E-state index contributed by atoms with van der Waals surface area (Å²) < 4.78 is 27.3. The second-order valence-corrected chi connectivity index (χ2v) is 7.25. The van der Waals surface area contributed by atoms with E-state index < -0.39 is 10.0 Å². The molecule has 20 heavy (non-hydrogen) atoms. The molecule has 1 aromatic carbocycles. The van der Waals surface area contributed by atoms with E-state index in [0.717, 1.165) is 19.3 Å². The number of rotatable bonds is 1. The minimum Gasteiger partial charge on any atom is -0.397 e. The van der Waals surface area contributed by atoms with Crippen LogP contribution in [-0.2, 0) is 10.0 Å².